The zero-order valence-electron chi connectivity index (χ0n) is 8.90. The van der Waals surface area contributed by atoms with Crippen LogP contribution in [-0.2, 0) is 6.54 Å². The van der Waals surface area contributed by atoms with Crippen LogP contribution in [0.1, 0.15) is 16.1 Å². The predicted molar refractivity (Wildman–Crippen MR) is 65.3 cm³/mol. The smallest absolute Gasteiger partial charge is 0.112 e. The molecule has 3 nitrogen and oxygen atoms in total. The number of nitriles is 1. The van der Waals surface area contributed by atoms with Crippen molar-refractivity contribution in [2.24, 2.45) is 0 Å². The number of anilines is 1. The maximum Gasteiger partial charge on any atom is 0.112 e. The van der Waals surface area contributed by atoms with Gasteiger partial charge in [0.2, 0.25) is 0 Å². The second-order valence-electron chi connectivity index (χ2n) is 3.48. The van der Waals surface area contributed by atoms with Crippen molar-refractivity contribution in [3.63, 3.8) is 0 Å². The van der Waals surface area contributed by atoms with Gasteiger partial charge in [0.25, 0.3) is 0 Å². The van der Waals surface area contributed by atoms with E-state index in [-0.39, 0.29) is 0 Å². The highest BCUT2D eigenvalue weighted by Gasteiger charge is 1.99. The summed E-state index contributed by atoms with van der Waals surface area (Å²) in [5, 5.41) is 15.1. The van der Waals surface area contributed by atoms with Crippen LogP contribution in [0.15, 0.2) is 29.8 Å². The Kier molecular flexibility index (Phi) is 3.18. The third-order valence-corrected chi connectivity index (χ3v) is 2.91. The van der Waals surface area contributed by atoms with Crippen molar-refractivity contribution < 1.29 is 0 Å². The Labute approximate surface area is 98.4 Å². The Balaban J connectivity index is 2.10. The number of hydrogen-bond acceptors (Lipinski definition) is 4. The van der Waals surface area contributed by atoms with E-state index in [2.05, 4.69) is 16.4 Å². The fraction of sp³-hybridized carbons (Fsp3) is 0.167. The van der Waals surface area contributed by atoms with Crippen molar-refractivity contribution in [3.05, 3.63) is 45.9 Å². The van der Waals surface area contributed by atoms with Crippen LogP contribution in [0.2, 0.25) is 0 Å². The summed E-state index contributed by atoms with van der Waals surface area (Å²) < 4.78 is 0. The van der Waals surface area contributed by atoms with Crippen LogP contribution in [0.4, 0.5) is 5.69 Å². The van der Waals surface area contributed by atoms with Crippen molar-refractivity contribution in [2.45, 2.75) is 13.5 Å². The van der Waals surface area contributed by atoms with Gasteiger partial charge >= 0.3 is 0 Å². The zero-order chi connectivity index (χ0) is 11.4. The van der Waals surface area contributed by atoms with Crippen molar-refractivity contribution in [2.75, 3.05) is 5.32 Å². The molecule has 1 heterocycles. The van der Waals surface area contributed by atoms with E-state index in [4.69, 9.17) is 5.26 Å². The van der Waals surface area contributed by atoms with E-state index in [1.807, 2.05) is 30.5 Å². The van der Waals surface area contributed by atoms with Crippen molar-refractivity contribution in [1.29, 1.82) is 5.26 Å². The van der Waals surface area contributed by atoms with Gasteiger partial charge in [-0.15, -0.1) is 11.3 Å². The van der Waals surface area contributed by atoms with E-state index < -0.39 is 0 Å². The lowest BCUT2D eigenvalue weighted by atomic mass is 10.1. The first-order valence-corrected chi connectivity index (χ1v) is 5.80. The topological polar surface area (TPSA) is 48.7 Å². The molecule has 0 aliphatic carbocycles. The normalized spacial score (nSPS) is 9.75. The fourth-order valence-corrected chi connectivity index (χ4v) is 2.02. The summed E-state index contributed by atoms with van der Waals surface area (Å²) in [5.74, 6) is 0. The van der Waals surface area contributed by atoms with Gasteiger partial charge in [-0.25, -0.2) is 4.98 Å². The lowest BCUT2D eigenvalue weighted by molar-refractivity contribution is 1.10. The van der Waals surface area contributed by atoms with Crippen LogP contribution in [0.5, 0.6) is 0 Å². The molecule has 80 valence electrons. The van der Waals surface area contributed by atoms with Crippen LogP contribution in [0.25, 0.3) is 0 Å². The van der Waals surface area contributed by atoms with Crippen LogP contribution < -0.4 is 5.32 Å². The van der Waals surface area contributed by atoms with E-state index in [1.54, 1.807) is 17.5 Å². The first kappa shape index (κ1) is 10.7. The number of benzene rings is 1. The summed E-state index contributed by atoms with van der Waals surface area (Å²) in [6.45, 7) is 2.68. The highest BCUT2D eigenvalue weighted by atomic mass is 32.1. The SMILES string of the molecule is Cc1cc(C#N)cc(NCc2nccs2)c1. The predicted octanol–water partition coefficient (Wildman–Crippen LogP) is 2.94. The van der Waals surface area contributed by atoms with Crippen molar-refractivity contribution >= 4 is 17.0 Å². The van der Waals surface area contributed by atoms with E-state index in [0.717, 1.165) is 16.3 Å². The van der Waals surface area contributed by atoms with Gasteiger partial charge < -0.3 is 5.32 Å². The van der Waals surface area contributed by atoms with Crippen LogP contribution in [0.3, 0.4) is 0 Å². The molecule has 0 saturated heterocycles. The molecule has 1 aromatic carbocycles. The number of aryl methyl sites for hydroxylation is 1. The fourth-order valence-electron chi connectivity index (χ4n) is 1.47. The monoisotopic (exact) mass is 229 g/mol. The third kappa shape index (κ3) is 2.59. The molecule has 0 aliphatic rings. The first-order chi connectivity index (χ1) is 7.78. The Bertz CT molecular complexity index is 512. The molecule has 0 unspecified atom stereocenters. The maximum atomic E-state index is 8.85. The summed E-state index contributed by atoms with van der Waals surface area (Å²) in [6.07, 6.45) is 1.79. The Morgan fingerprint density at radius 2 is 2.31 bits per heavy atom. The summed E-state index contributed by atoms with van der Waals surface area (Å²) in [5.41, 5.74) is 2.73. The van der Waals surface area contributed by atoms with Gasteiger partial charge in [0.15, 0.2) is 0 Å². The summed E-state index contributed by atoms with van der Waals surface area (Å²) in [7, 11) is 0. The number of thiazole rings is 1. The van der Waals surface area contributed by atoms with Gasteiger partial charge in [-0.1, -0.05) is 0 Å². The Morgan fingerprint density at radius 1 is 1.44 bits per heavy atom. The van der Waals surface area contributed by atoms with E-state index >= 15 is 0 Å². The standard InChI is InChI=1S/C12H11N3S/c1-9-4-10(7-13)6-11(5-9)15-8-12-14-2-3-16-12/h2-6,15H,8H2,1H3. The minimum atomic E-state index is 0.682. The molecule has 0 amide bonds. The lowest BCUT2D eigenvalue weighted by Crippen LogP contribution is -1.99. The molecule has 0 spiro atoms. The lowest BCUT2D eigenvalue weighted by Gasteiger charge is -2.05. The number of hydrogen-bond donors (Lipinski definition) is 1. The molecule has 0 fully saturated rings. The summed E-state index contributed by atoms with van der Waals surface area (Å²) in [4.78, 5) is 4.19. The maximum absolute atomic E-state index is 8.85. The zero-order valence-corrected chi connectivity index (χ0v) is 9.71. The highest BCUT2D eigenvalue weighted by molar-refractivity contribution is 7.09. The van der Waals surface area contributed by atoms with Crippen molar-refractivity contribution in [1.82, 2.24) is 4.98 Å². The quantitative estimate of drug-likeness (QED) is 0.880. The molecule has 16 heavy (non-hydrogen) atoms. The largest absolute Gasteiger partial charge is 0.378 e. The van der Waals surface area contributed by atoms with Gasteiger partial charge in [0.05, 0.1) is 18.2 Å². The summed E-state index contributed by atoms with van der Waals surface area (Å²) in [6, 6.07) is 7.89. The molecule has 0 atom stereocenters. The van der Waals surface area contributed by atoms with E-state index in [9.17, 15) is 0 Å². The Morgan fingerprint density at radius 3 is 3.00 bits per heavy atom. The average molecular weight is 229 g/mol. The number of aromatic nitrogens is 1. The second kappa shape index (κ2) is 4.77. The minimum absolute atomic E-state index is 0.682. The van der Waals surface area contributed by atoms with Gasteiger partial charge in [-0.05, 0) is 30.7 Å². The third-order valence-electron chi connectivity index (χ3n) is 2.13. The van der Waals surface area contributed by atoms with Gasteiger partial charge in [0, 0.05) is 17.3 Å². The van der Waals surface area contributed by atoms with Crippen LogP contribution in [0, 0.1) is 18.3 Å². The van der Waals surface area contributed by atoms with E-state index in [0.29, 0.717) is 12.1 Å². The molecular weight excluding hydrogens is 218 g/mol. The van der Waals surface area contributed by atoms with E-state index in [1.165, 1.54) is 0 Å². The average Bonchev–Trinajstić information content (AvgIpc) is 2.78. The second-order valence-corrected chi connectivity index (χ2v) is 4.46. The van der Waals surface area contributed by atoms with Gasteiger partial charge in [-0.3, -0.25) is 0 Å². The first-order valence-electron chi connectivity index (χ1n) is 4.92. The Hall–Kier alpha value is -1.86. The molecule has 2 rings (SSSR count). The molecule has 1 N–H and O–H groups in total. The molecule has 1 aromatic heterocycles. The number of rotatable bonds is 3. The van der Waals surface area contributed by atoms with Gasteiger partial charge in [0.1, 0.15) is 5.01 Å². The molecular formula is C12H11N3S. The minimum Gasteiger partial charge on any atom is -0.378 e. The van der Waals surface area contributed by atoms with Crippen LogP contribution >= 0.6 is 11.3 Å². The molecule has 2 aromatic rings. The number of nitrogens with one attached hydrogen (secondary N) is 1. The van der Waals surface area contributed by atoms with Gasteiger partial charge in [-0.2, -0.15) is 5.26 Å². The molecule has 0 saturated carbocycles. The molecule has 0 aliphatic heterocycles. The molecule has 4 heteroatoms. The highest BCUT2D eigenvalue weighted by Crippen LogP contribution is 2.15. The van der Waals surface area contributed by atoms with Crippen LogP contribution in [-0.4, -0.2) is 4.98 Å². The molecule has 0 radical (unpaired) electrons. The van der Waals surface area contributed by atoms with Crippen molar-refractivity contribution in [3.8, 4) is 6.07 Å². The molecule has 0 bridgehead atoms. The summed E-state index contributed by atoms with van der Waals surface area (Å²) >= 11 is 1.62. The number of nitrogens with zero attached hydrogens (tertiary/aromatic N) is 2.